The van der Waals surface area contributed by atoms with Gasteiger partial charge in [-0.1, -0.05) is 12.1 Å². The monoisotopic (exact) mass is 172 g/mol. The van der Waals surface area contributed by atoms with Gasteiger partial charge in [0.15, 0.2) is 0 Å². The second-order valence-electron chi connectivity index (χ2n) is 3.71. The van der Waals surface area contributed by atoms with Crippen molar-refractivity contribution in [3.05, 3.63) is 29.3 Å². The van der Waals surface area contributed by atoms with Crippen molar-refractivity contribution < 1.29 is 0 Å². The van der Waals surface area contributed by atoms with Gasteiger partial charge in [0.1, 0.15) is 0 Å². The molecule has 0 saturated carbocycles. The Morgan fingerprint density at radius 2 is 2.38 bits per heavy atom. The largest absolute Gasteiger partial charge is 0.346 e. The Morgan fingerprint density at radius 3 is 3.38 bits per heavy atom. The molecule has 1 unspecified atom stereocenters. The topological polar surface area (TPSA) is 24.4 Å². The third kappa shape index (κ3) is 0.981. The van der Waals surface area contributed by atoms with E-state index in [2.05, 4.69) is 28.5 Å². The highest BCUT2D eigenvalue weighted by Gasteiger charge is 2.23. The highest BCUT2D eigenvalue weighted by Crippen LogP contribution is 2.38. The number of benzene rings is 1. The lowest BCUT2D eigenvalue weighted by Crippen LogP contribution is -2.16. The fourth-order valence-corrected chi connectivity index (χ4v) is 2.33. The summed E-state index contributed by atoms with van der Waals surface area (Å²) in [6.07, 6.45) is 5.54. The van der Waals surface area contributed by atoms with Gasteiger partial charge in [0.2, 0.25) is 0 Å². The minimum Gasteiger partial charge on any atom is -0.346 e. The summed E-state index contributed by atoms with van der Waals surface area (Å²) in [5, 5.41) is 3.21. The second kappa shape index (κ2) is 2.59. The van der Waals surface area contributed by atoms with Crippen molar-refractivity contribution in [2.75, 3.05) is 5.32 Å². The molecule has 3 rings (SSSR count). The molecule has 66 valence electrons. The second-order valence-corrected chi connectivity index (χ2v) is 3.71. The van der Waals surface area contributed by atoms with Crippen molar-refractivity contribution in [1.29, 1.82) is 0 Å². The Labute approximate surface area is 77.7 Å². The summed E-state index contributed by atoms with van der Waals surface area (Å²) in [7, 11) is 0. The van der Waals surface area contributed by atoms with Crippen LogP contribution in [0.5, 0.6) is 0 Å². The van der Waals surface area contributed by atoms with Crippen LogP contribution in [0.4, 0.5) is 5.69 Å². The molecule has 13 heavy (non-hydrogen) atoms. The van der Waals surface area contributed by atoms with Crippen LogP contribution in [0.15, 0.2) is 23.2 Å². The molecule has 1 heterocycles. The lowest BCUT2D eigenvalue weighted by molar-refractivity contribution is 0.572. The molecule has 0 spiro atoms. The average Bonchev–Trinajstić information content (AvgIpc) is 2.19. The molecule has 1 aromatic rings. The Morgan fingerprint density at radius 1 is 1.38 bits per heavy atom. The summed E-state index contributed by atoms with van der Waals surface area (Å²) < 4.78 is 0. The zero-order valence-electron chi connectivity index (χ0n) is 7.46. The van der Waals surface area contributed by atoms with E-state index < -0.39 is 0 Å². The van der Waals surface area contributed by atoms with Crippen LogP contribution in [0.2, 0.25) is 0 Å². The van der Waals surface area contributed by atoms with Crippen molar-refractivity contribution in [1.82, 2.24) is 0 Å². The smallest absolute Gasteiger partial charge is 0.0875 e. The van der Waals surface area contributed by atoms with E-state index in [0.29, 0.717) is 6.04 Å². The summed E-state index contributed by atoms with van der Waals surface area (Å²) >= 11 is 0. The van der Waals surface area contributed by atoms with Gasteiger partial charge < -0.3 is 5.32 Å². The zero-order valence-corrected chi connectivity index (χ0v) is 7.46. The molecule has 1 aliphatic carbocycles. The Kier molecular flexibility index (Phi) is 1.42. The lowest BCUT2D eigenvalue weighted by Gasteiger charge is -2.27. The van der Waals surface area contributed by atoms with Crippen LogP contribution in [-0.2, 0) is 6.42 Å². The molecule has 0 saturated heterocycles. The van der Waals surface area contributed by atoms with E-state index >= 15 is 0 Å². The van der Waals surface area contributed by atoms with Crippen molar-refractivity contribution in [2.45, 2.75) is 25.3 Å². The maximum absolute atomic E-state index is 4.47. The number of hydrogen-bond acceptors (Lipinski definition) is 2. The third-order valence-corrected chi connectivity index (χ3v) is 2.93. The molecule has 0 amide bonds. The third-order valence-electron chi connectivity index (χ3n) is 2.93. The molecule has 2 aliphatic rings. The molecule has 0 fully saturated rings. The van der Waals surface area contributed by atoms with E-state index in [1.54, 1.807) is 0 Å². The molecule has 2 nitrogen and oxygen atoms in total. The van der Waals surface area contributed by atoms with E-state index in [0.717, 1.165) is 0 Å². The first-order valence-corrected chi connectivity index (χ1v) is 4.85. The van der Waals surface area contributed by atoms with Crippen LogP contribution in [-0.4, -0.2) is 6.34 Å². The van der Waals surface area contributed by atoms with Crippen molar-refractivity contribution >= 4 is 12.0 Å². The van der Waals surface area contributed by atoms with Gasteiger partial charge in [-0.25, -0.2) is 0 Å². The zero-order chi connectivity index (χ0) is 8.67. The maximum atomic E-state index is 4.47. The molecule has 1 atom stereocenters. The van der Waals surface area contributed by atoms with Gasteiger partial charge in [-0.15, -0.1) is 0 Å². The van der Waals surface area contributed by atoms with Crippen LogP contribution in [0.1, 0.15) is 30.0 Å². The summed E-state index contributed by atoms with van der Waals surface area (Å²) in [4.78, 5) is 4.47. The standard InChI is InChI=1S/C11H12N2/c1-3-8-4-2-6-10-11(8)9(5-1)12-7-13-10/h1,3,5,7,10H,2,4,6H2,(H,12,13). The van der Waals surface area contributed by atoms with Crippen molar-refractivity contribution in [3.63, 3.8) is 0 Å². The van der Waals surface area contributed by atoms with E-state index in [1.807, 2.05) is 6.34 Å². The molecule has 0 bridgehead atoms. The van der Waals surface area contributed by atoms with Crippen molar-refractivity contribution in [2.24, 2.45) is 4.99 Å². The van der Waals surface area contributed by atoms with E-state index in [1.165, 1.54) is 36.1 Å². The first-order valence-electron chi connectivity index (χ1n) is 4.85. The van der Waals surface area contributed by atoms with Crippen LogP contribution in [0.25, 0.3) is 0 Å². The highest BCUT2D eigenvalue weighted by molar-refractivity contribution is 5.81. The Hall–Kier alpha value is -1.31. The normalized spacial score (nSPS) is 23.5. The van der Waals surface area contributed by atoms with Gasteiger partial charge in [-0.3, -0.25) is 4.99 Å². The molecule has 1 aliphatic heterocycles. The highest BCUT2D eigenvalue weighted by atomic mass is 15.0. The van der Waals surface area contributed by atoms with Gasteiger partial charge in [0, 0.05) is 11.3 Å². The predicted octanol–water partition coefficient (Wildman–Crippen LogP) is 2.52. The molecule has 1 N–H and O–H groups in total. The van der Waals surface area contributed by atoms with Gasteiger partial charge in [-0.05, 0) is 30.9 Å². The summed E-state index contributed by atoms with van der Waals surface area (Å²) in [6.45, 7) is 0. The minimum atomic E-state index is 0.432. The molecule has 2 heteroatoms. The molecule has 0 radical (unpaired) electrons. The molecular weight excluding hydrogens is 160 g/mol. The average molecular weight is 172 g/mol. The van der Waals surface area contributed by atoms with Gasteiger partial charge in [-0.2, -0.15) is 0 Å². The quantitative estimate of drug-likeness (QED) is 0.639. The number of nitrogens with zero attached hydrogens (tertiary/aromatic N) is 1. The number of rotatable bonds is 0. The fourth-order valence-electron chi connectivity index (χ4n) is 2.33. The number of aryl methyl sites for hydroxylation is 1. The number of hydrogen-bond donors (Lipinski definition) is 1. The van der Waals surface area contributed by atoms with E-state index in [9.17, 15) is 0 Å². The first kappa shape index (κ1) is 7.13. The SMILES string of the molecule is C1=NC2CCCc3cccc(c32)N1. The van der Waals surface area contributed by atoms with Crippen molar-refractivity contribution in [3.8, 4) is 0 Å². The Balaban J connectivity index is 2.22. The van der Waals surface area contributed by atoms with Gasteiger partial charge in [0.05, 0.1) is 12.4 Å². The first-order chi connectivity index (χ1) is 6.45. The van der Waals surface area contributed by atoms with E-state index in [4.69, 9.17) is 0 Å². The number of nitrogens with one attached hydrogen (secondary N) is 1. The lowest BCUT2D eigenvalue weighted by atomic mass is 9.86. The fraction of sp³-hybridized carbons (Fsp3) is 0.364. The van der Waals surface area contributed by atoms with Gasteiger partial charge >= 0.3 is 0 Å². The van der Waals surface area contributed by atoms with Crippen LogP contribution in [0, 0.1) is 0 Å². The Bertz CT molecular complexity index is 368. The van der Waals surface area contributed by atoms with Crippen LogP contribution >= 0.6 is 0 Å². The number of anilines is 1. The van der Waals surface area contributed by atoms with E-state index in [-0.39, 0.29) is 0 Å². The minimum absolute atomic E-state index is 0.432. The molecular formula is C11H12N2. The maximum Gasteiger partial charge on any atom is 0.0875 e. The summed E-state index contributed by atoms with van der Waals surface area (Å²) in [5.74, 6) is 0. The summed E-state index contributed by atoms with van der Waals surface area (Å²) in [6, 6.07) is 6.93. The van der Waals surface area contributed by atoms with Gasteiger partial charge in [0.25, 0.3) is 0 Å². The summed E-state index contributed by atoms with van der Waals surface area (Å²) in [5.41, 5.74) is 4.19. The molecule has 1 aromatic carbocycles. The van der Waals surface area contributed by atoms with Crippen LogP contribution in [0.3, 0.4) is 0 Å². The molecule has 0 aromatic heterocycles. The van der Waals surface area contributed by atoms with Crippen LogP contribution < -0.4 is 5.32 Å². The predicted molar refractivity (Wildman–Crippen MR) is 54.2 cm³/mol. The number of aliphatic imine (C=N–C) groups is 1.